The van der Waals surface area contributed by atoms with Gasteiger partial charge in [0.2, 0.25) is 5.95 Å². The first kappa shape index (κ1) is 14.5. The maximum Gasteiger partial charge on any atom is 0.326 e. The third-order valence-corrected chi connectivity index (χ3v) is 3.55. The van der Waals surface area contributed by atoms with Gasteiger partial charge in [-0.2, -0.15) is 0 Å². The van der Waals surface area contributed by atoms with Gasteiger partial charge in [0.05, 0.1) is 5.69 Å². The Kier molecular flexibility index (Phi) is 4.41. The van der Waals surface area contributed by atoms with Crippen LogP contribution in [-0.2, 0) is 0 Å². The molecule has 0 radical (unpaired) electrons. The minimum Gasteiger partial charge on any atom is -0.308 e. The average molecular weight is 358 g/mol. The quantitative estimate of drug-likeness (QED) is 0.771. The molecule has 1 aromatic carbocycles. The molecule has 0 aliphatic heterocycles. The summed E-state index contributed by atoms with van der Waals surface area (Å²) in [6.07, 6.45) is 0. The number of anilines is 2. The van der Waals surface area contributed by atoms with Crippen molar-refractivity contribution in [2.75, 3.05) is 10.6 Å². The van der Waals surface area contributed by atoms with Crippen LogP contribution in [0, 0.1) is 6.92 Å². The number of urea groups is 1. The number of carbonyl (C=O) groups excluding carboxylic acids is 1. The molecule has 0 bridgehead atoms. The van der Waals surface area contributed by atoms with Gasteiger partial charge in [0.25, 0.3) is 5.56 Å². The highest BCUT2D eigenvalue weighted by Crippen LogP contribution is 2.14. The summed E-state index contributed by atoms with van der Waals surface area (Å²) in [5, 5.41) is 5.61. The average Bonchev–Trinajstić information content (AvgIpc) is 2.38. The highest BCUT2D eigenvalue weighted by Gasteiger charge is 2.08. The summed E-state index contributed by atoms with van der Waals surface area (Å²) in [6, 6.07) is 6.11. The first-order valence-electron chi connectivity index (χ1n) is 5.55. The molecular weight excluding hydrogens is 348 g/mol. The molecular formula is C12H10BrClN4O2. The molecule has 0 saturated carbocycles. The first-order valence-corrected chi connectivity index (χ1v) is 6.73. The van der Waals surface area contributed by atoms with Crippen molar-refractivity contribution >= 4 is 45.2 Å². The number of H-pyrrole nitrogens is 1. The van der Waals surface area contributed by atoms with Crippen LogP contribution in [0.25, 0.3) is 0 Å². The molecule has 104 valence electrons. The smallest absolute Gasteiger partial charge is 0.308 e. The number of hydrogen-bond acceptors (Lipinski definition) is 3. The lowest BCUT2D eigenvalue weighted by Gasteiger charge is -2.07. The summed E-state index contributed by atoms with van der Waals surface area (Å²) in [5.41, 5.74) is 0.693. The number of nitrogens with one attached hydrogen (secondary N) is 3. The monoisotopic (exact) mass is 356 g/mol. The number of benzene rings is 1. The maximum atomic E-state index is 11.7. The van der Waals surface area contributed by atoms with E-state index in [1.165, 1.54) is 0 Å². The van der Waals surface area contributed by atoms with Gasteiger partial charge in [-0.15, -0.1) is 0 Å². The predicted octanol–water partition coefficient (Wildman–Crippen LogP) is 3.14. The molecule has 0 spiro atoms. The molecule has 0 unspecified atom stereocenters. The lowest BCUT2D eigenvalue weighted by atomic mass is 10.3. The lowest BCUT2D eigenvalue weighted by molar-refractivity contribution is 0.262. The van der Waals surface area contributed by atoms with Crippen LogP contribution in [0.2, 0.25) is 5.02 Å². The molecule has 0 aliphatic rings. The molecule has 20 heavy (non-hydrogen) atoms. The van der Waals surface area contributed by atoms with Crippen LogP contribution in [-0.4, -0.2) is 16.0 Å². The number of nitrogens with zero attached hydrogens (tertiary/aromatic N) is 1. The van der Waals surface area contributed by atoms with Crippen LogP contribution in [0.4, 0.5) is 16.4 Å². The molecule has 0 saturated heterocycles. The van der Waals surface area contributed by atoms with E-state index in [1.807, 2.05) is 0 Å². The SMILES string of the molecule is Cc1nc(NC(=O)Nc2ccc(Cl)cc2)[nH]c(=O)c1Br. The fraction of sp³-hybridized carbons (Fsp3) is 0.0833. The van der Waals surface area contributed by atoms with Crippen molar-refractivity contribution in [3.63, 3.8) is 0 Å². The maximum absolute atomic E-state index is 11.7. The van der Waals surface area contributed by atoms with Crippen LogP contribution in [0.15, 0.2) is 33.5 Å². The zero-order valence-electron chi connectivity index (χ0n) is 10.3. The van der Waals surface area contributed by atoms with Gasteiger partial charge in [0, 0.05) is 10.7 Å². The van der Waals surface area contributed by atoms with E-state index in [-0.39, 0.29) is 11.5 Å². The van der Waals surface area contributed by atoms with E-state index >= 15 is 0 Å². The molecule has 0 fully saturated rings. The van der Waals surface area contributed by atoms with Crippen molar-refractivity contribution < 1.29 is 4.79 Å². The van der Waals surface area contributed by atoms with E-state index in [9.17, 15) is 9.59 Å². The van der Waals surface area contributed by atoms with Crippen molar-refractivity contribution in [3.05, 3.63) is 49.8 Å². The van der Waals surface area contributed by atoms with Crippen molar-refractivity contribution in [1.29, 1.82) is 0 Å². The Hall–Kier alpha value is -1.86. The van der Waals surface area contributed by atoms with Gasteiger partial charge in [-0.3, -0.25) is 15.1 Å². The van der Waals surface area contributed by atoms with Crippen LogP contribution in [0.3, 0.4) is 0 Å². The van der Waals surface area contributed by atoms with Gasteiger partial charge in [-0.05, 0) is 47.1 Å². The van der Waals surface area contributed by atoms with E-state index in [0.717, 1.165) is 0 Å². The Labute approximate surface area is 127 Å². The van der Waals surface area contributed by atoms with Crippen LogP contribution in [0.5, 0.6) is 0 Å². The summed E-state index contributed by atoms with van der Waals surface area (Å²) < 4.78 is 0.334. The van der Waals surface area contributed by atoms with E-state index in [2.05, 4.69) is 36.5 Å². The number of amides is 2. The Morgan fingerprint density at radius 2 is 1.95 bits per heavy atom. The molecule has 2 amide bonds. The fourth-order valence-electron chi connectivity index (χ4n) is 1.43. The zero-order valence-corrected chi connectivity index (χ0v) is 12.7. The molecule has 0 atom stereocenters. The van der Waals surface area contributed by atoms with Crippen LogP contribution >= 0.6 is 27.5 Å². The Bertz CT molecular complexity index is 700. The summed E-state index contributed by atoms with van der Waals surface area (Å²) in [5.74, 6) is 0.0714. The van der Waals surface area contributed by atoms with Crippen molar-refractivity contribution in [2.45, 2.75) is 6.92 Å². The van der Waals surface area contributed by atoms with E-state index < -0.39 is 6.03 Å². The zero-order chi connectivity index (χ0) is 14.7. The number of hydrogen-bond donors (Lipinski definition) is 3. The molecule has 1 aromatic heterocycles. The van der Waals surface area contributed by atoms with Gasteiger partial charge in [0.15, 0.2) is 0 Å². The number of aromatic nitrogens is 2. The summed E-state index contributed by atoms with van der Waals surface area (Å²) in [7, 11) is 0. The van der Waals surface area contributed by atoms with Crippen molar-refractivity contribution in [3.8, 4) is 0 Å². The largest absolute Gasteiger partial charge is 0.326 e. The van der Waals surface area contributed by atoms with Gasteiger partial charge >= 0.3 is 6.03 Å². The number of aryl methyl sites for hydroxylation is 1. The topological polar surface area (TPSA) is 86.9 Å². The van der Waals surface area contributed by atoms with E-state index in [0.29, 0.717) is 20.9 Å². The first-order chi connectivity index (χ1) is 9.45. The molecule has 2 rings (SSSR count). The Balaban J connectivity index is 2.08. The summed E-state index contributed by atoms with van der Waals surface area (Å²) >= 11 is 8.84. The highest BCUT2D eigenvalue weighted by atomic mass is 79.9. The van der Waals surface area contributed by atoms with Gasteiger partial charge < -0.3 is 5.32 Å². The number of carbonyl (C=O) groups is 1. The second-order valence-electron chi connectivity index (χ2n) is 3.90. The summed E-state index contributed by atoms with van der Waals surface area (Å²) in [4.78, 5) is 29.7. The molecule has 3 N–H and O–H groups in total. The van der Waals surface area contributed by atoms with Gasteiger partial charge in [-0.1, -0.05) is 11.6 Å². The molecule has 1 heterocycles. The van der Waals surface area contributed by atoms with Crippen molar-refractivity contribution in [2.24, 2.45) is 0 Å². The lowest BCUT2D eigenvalue weighted by Crippen LogP contribution is -2.23. The minimum absolute atomic E-state index is 0.0714. The number of aromatic amines is 1. The normalized spacial score (nSPS) is 10.2. The predicted molar refractivity (Wildman–Crippen MR) is 81.4 cm³/mol. The van der Waals surface area contributed by atoms with Gasteiger partial charge in [-0.25, -0.2) is 9.78 Å². The second-order valence-corrected chi connectivity index (χ2v) is 5.13. The van der Waals surface area contributed by atoms with E-state index in [4.69, 9.17) is 11.6 Å². The second kappa shape index (κ2) is 6.06. The van der Waals surface area contributed by atoms with Gasteiger partial charge in [0.1, 0.15) is 4.47 Å². The number of rotatable bonds is 2. The molecule has 2 aromatic rings. The third kappa shape index (κ3) is 3.58. The molecule has 8 heteroatoms. The van der Waals surface area contributed by atoms with Crippen molar-refractivity contribution in [1.82, 2.24) is 9.97 Å². The minimum atomic E-state index is -0.516. The highest BCUT2D eigenvalue weighted by molar-refractivity contribution is 9.10. The van der Waals surface area contributed by atoms with Crippen LogP contribution in [0.1, 0.15) is 5.69 Å². The third-order valence-electron chi connectivity index (χ3n) is 2.36. The van der Waals surface area contributed by atoms with E-state index in [1.54, 1.807) is 31.2 Å². The fourth-order valence-corrected chi connectivity index (χ4v) is 1.75. The Morgan fingerprint density at radius 1 is 1.30 bits per heavy atom. The van der Waals surface area contributed by atoms with Crippen LogP contribution < -0.4 is 16.2 Å². The molecule has 0 aliphatic carbocycles. The standard InChI is InChI=1S/C12H10BrClN4O2/c1-6-9(13)10(19)17-11(15-6)18-12(20)16-8-4-2-7(14)3-5-8/h2-5H,1H3,(H3,15,16,17,18,19,20). The summed E-state index contributed by atoms with van der Waals surface area (Å²) in [6.45, 7) is 1.65. The number of halogens is 2. The Morgan fingerprint density at radius 3 is 2.55 bits per heavy atom. The molecule has 6 nitrogen and oxygen atoms in total.